The van der Waals surface area contributed by atoms with E-state index in [1.165, 1.54) is 6.08 Å². The third-order valence-corrected chi connectivity index (χ3v) is 0.976. The van der Waals surface area contributed by atoms with E-state index in [-0.39, 0.29) is 6.42 Å². The Morgan fingerprint density at radius 2 is 2.20 bits per heavy atom. The van der Waals surface area contributed by atoms with Gasteiger partial charge in [0.05, 0.1) is 0 Å². The monoisotopic (exact) mass is 142 g/mol. The molecule has 3 heteroatoms. The zero-order chi connectivity index (χ0) is 7.82. The van der Waals surface area contributed by atoms with Crippen molar-refractivity contribution in [3.63, 3.8) is 0 Å². The van der Waals surface area contributed by atoms with Crippen LogP contribution in [0.2, 0.25) is 0 Å². The highest BCUT2D eigenvalue weighted by molar-refractivity contribution is 5.66. The van der Waals surface area contributed by atoms with Crippen molar-refractivity contribution in [3.8, 4) is 0 Å². The summed E-state index contributed by atoms with van der Waals surface area (Å²) in [5.74, 6) is -0.792. The molecule has 0 aromatic carbocycles. The minimum atomic E-state index is -0.792. The van der Waals surface area contributed by atoms with Gasteiger partial charge in [-0.15, -0.1) is 0 Å². The van der Waals surface area contributed by atoms with Crippen molar-refractivity contribution in [2.24, 2.45) is 0 Å². The molecule has 3 nitrogen and oxygen atoms in total. The number of carboxylic acids is 1. The molecule has 56 valence electrons. The molecular weight excluding hydrogens is 132 g/mol. The maximum atomic E-state index is 9.94. The van der Waals surface area contributed by atoms with Crippen LogP contribution in [-0.2, 0) is 9.59 Å². The van der Waals surface area contributed by atoms with E-state index in [0.29, 0.717) is 19.1 Å². The molecule has 0 aliphatic carbocycles. The molecule has 0 aromatic rings. The summed E-state index contributed by atoms with van der Waals surface area (Å²) in [5, 5.41) is 8.18. The molecule has 0 radical (unpaired) electrons. The summed E-state index contributed by atoms with van der Waals surface area (Å²) in [4.78, 5) is 19.6. The number of aldehydes is 1. The van der Waals surface area contributed by atoms with Crippen molar-refractivity contribution >= 4 is 12.3 Å². The first kappa shape index (κ1) is 8.88. The Labute approximate surface area is 59.4 Å². The van der Waals surface area contributed by atoms with Crippen LogP contribution in [0.4, 0.5) is 0 Å². The molecule has 0 amide bonds. The number of allylic oxidation sites excluding steroid dienone is 2. The fourth-order valence-electron chi connectivity index (χ4n) is 0.523. The Hall–Kier alpha value is -1.12. The zero-order valence-corrected chi connectivity index (χ0v) is 5.62. The Bertz CT molecular complexity index is 138. The molecular formula is C7H10O3. The molecule has 1 N–H and O–H groups in total. The minimum absolute atomic E-state index is 0.170. The van der Waals surface area contributed by atoms with E-state index in [1.807, 2.05) is 0 Å². The molecule has 0 aliphatic heterocycles. The second kappa shape index (κ2) is 6.01. The standard InChI is InChI=1S/C7H10O3/c8-6-4-2-1-3-5-7(9)10/h2,4,6H,1,3,5H2,(H,9,10)/b4-2+. The van der Waals surface area contributed by atoms with Gasteiger partial charge in [0.2, 0.25) is 0 Å². The van der Waals surface area contributed by atoms with Crippen molar-refractivity contribution in [1.29, 1.82) is 0 Å². The second-order valence-electron chi connectivity index (χ2n) is 1.85. The van der Waals surface area contributed by atoms with E-state index >= 15 is 0 Å². The number of rotatable bonds is 5. The average Bonchev–Trinajstić information content (AvgIpc) is 1.87. The molecule has 0 bridgehead atoms. The Kier molecular flexibility index (Phi) is 5.33. The van der Waals surface area contributed by atoms with Crippen LogP contribution in [-0.4, -0.2) is 17.4 Å². The maximum Gasteiger partial charge on any atom is 0.303 e. The topological polar surface area (TPSA) is 54.4 Å². The van der Waals surface area contributed by atoms with E-state index in [9.17, 15) is 9.59 Å². The fourth-order valence-corrected chi connectivity index (χ4v) is 0.523. The third-order valence-electron chi connectivity index (χ3n) is 0.976. The quantitative estimate of drug-likeness (QED) is 0.354. The molecule has 0 unspecified atom stereocenters. The zero-order valence-electron chi connectivity index (χ0n) is 5.62. The molecule has 0 rings (SSSR count). The molecule has 0 aliphatic rings. The number of carboxylic acid groups (broad SMARTS) is 1. The molecule has 0 aromatic heterocycles. The number of aliphatic carboxylic acids is 1. The van der Waals surface area contributed by atoms with Gasteiger partial charge in [-0.3, -0.25) is 9.59 Å². The number of carbonyl (C=O) groups excluding carboxylic acids is 1. The average molecular weight is 142 g/mol. The number of hydrogen-bond acceptors (Lipinski definition) is 2. The van der Waals surface area contributed by atoms with Gasteiger partial charge in [-0.25, -0.2) is 0 Å². The van der Waals surface area contributed by atoms with Crippen molar-refractivity contribution in [3.05, 3.63) is 12.2 Å². The number of carbonyl (C=O) groups is 2. The maximum absolute atomic E-state index is 9.94. The summed E-state index contributed by atoms with van der Waals surface area (Å²) in [6.45, 7) is 0. The number of unbranched alkanes of at least 4 members (excludes halogenated alkanes) is 1. The lowest BCUT2D eigenvalue weighted by atomic mass is 10.2. The van der Waals surface area contributed by atoms with Crippen molar-refractivity contribution in [1.82, 2.24) is 0 Å². The normalized spacial score (nSPS) is 10.0. The van der Waals surface area contributed by atoms with Crippen molar-refractivity contribution in [2.75, 3.05) is 0 Å². The first-order chi connectivity index (χ1) is 4.77. The van der Waals surface area contributed by atoms with Crippen LogP contribution in [0.5, 0.6) is 0 Å². The number of hydrogen-bond donors (Lipinski definition) is 1. The summed E-state index contributed by atoms with van der Waals surface area (Å²) in [5.41, 5.74) is 0. The van der Waals surface area contributed by atoms with E-state index < -0.39 is 5.97 Å². The molecule has 0 atom stereocenters. The van der Waals surface area contributed by atoms with Gasteiger partial charge in [-0.05, 0) is 18.9 Å². The Morgan fingerprint density at radius 3 is 2.70 bits per heavy atom. The van der Waals surface area contributed by atoms with Gasteiger partial charge in [0.15, 0.2) is 0 Å². The van der Waals surface area contributed by atoms with Crippen LogP contribution >= 0.6 is 0 Å². The Balaban J connectivity index is 3.12. The summed E-state index contributed by atoms with van der Waals surface area (Å²) in [6.07, 6.45) is 5.15. The van der Waals surface area contributed by atoms with Crippen LogP contribution in [0.3, 0.4) is 0 Å². The summed E-state index contributed by atoms with van der Waals surface area (Å²) < 4.78 is 0. The van der Waals surface area contributed by atoms with Gasteiger partial charge in [-0.1, -0.05) is 6.08 Å². The first-order valence-electron chi connectivity index (χ1n) is 3.09. The van der Waals surface area contributed by atoms with Crippen LogP contribution in [0.1, 0.15) is 19.3 Å². The summed E-state index contributed by atoms with van der Waals surface area (Å²) in [6, 6.07) is 0. The highest BCUT2D eigenvalue weighted by atomic mass is 16.4. The SMILES string of the molecule is O=C/C=C/CCCC(=O)O. The lowest BCUT2D eigenvalue weighted by Crippen LogP contribution is -1.92. The highest BCUT2D eigenvalue weighted by Crippen LogP contribution is 1.95. The van der Waals surface area contributed by atoms with Gasteiger partial charge >= 0.3 is 5.97 Å². The molecule has 0 heterocycles. The summed E-state index contributed by atoms with van der Waals surface area (Å²) in [7, 11) is 0. The fraction of sp³-hybridized carbons (Fsp3) is 0.429. The van der Waals surface area contributed by atoms with Crippen LogP contribution in [0.25, 0.3) is 0 Å². The van der Waals surface area contributed by atoms with Crippen molar-refractivity contribution in [2.45, 2.75) is 19.3 Å². The van der Waals surface area contributed by atoms with E-state index in [2.05, 4.69) is 0 Å². The lowest BCUT2D eigenvalue weighted by molar-refractivity contribution is -0.137. The second-order valence-corrected chi connectivity index (χ2v) is 1.85. The van der Waals surface area contributed by atoms with Crippen molar-refractivity contribution < 1.29 is 14.7 Å². The van der Waals surface area contributed by atoms with E-state index in [1.54, 1.807) is 6.08 Å². The smallest absolute Gasteiger partial charge is 0.303 e. The van der Waals surface area contributed by atoms with Gasteiger partial charge in [0, 0.05) is 6.42 Å². The molecule has 0 saturated carbocycles. The van der Waals surface area contributed by atoms with E-state index in [0.717, 1.165) is 0 Å². The lowest BCUT2D eigenvalue weighted by Gasteiger charge is -1.87. The predicted molar refractivity (Wildman–Crippen MR) is 36.7 cm³/mol. The first-order valence-corrected chi connectivity index (χ1v) is 3.09. The molecule has 0 spiro atoms. The van der Waals surface area contributed by atoms with Gasteiger partial charge in [0.1, 0.15) is 6.29 Å². The van der Waals surface area contributed by atoms with Gasteiger partial charge in [-0.2, -0.15) is 0 Å². The Morgan fingerprint density at radius 1 is 1.50 bits per heavy atom. The summed E-state index contributed by atoms with van der Waals surface area (Å²) >= 11 is 0. The van der Waals surface area contributed by atoms with E-state index in [4.69, 9.17) is 5.11 Å². The third kappa shape index (κ3) is 6.88. The largest absolute Gasteiger partial charge is 0.481 e. The highest BCUT2D eigenvalue weighted by Gasteiger charge is 1.92. The van der Waals surface area contributed by atoms with Crippen LogP contribution in [0.15, 0.2) is 12.2 Å². The van der Waals surface area contributed by atoms with Gasteiger partial charge in [0.25, 0.3) is 0 Å². The molecule has 10 heavy (non-hydrogen) atoms. The molecule has 0 fully saturated rings. The predicted octanol–water partition coefficient (Wildman–Crippen LogP) is 0.996. The van der Waals surface area contributed by atoms with Crippen LogP contribution < -0.4 is 0 Å². The minimum Gasteiger partial charge on any atom is -0.481 e. The molecule has 0 saturated heterocycles. The van der Waals surface area contributed by atoms with Gasteiger partial charge < -0.3 is 5.11 Å². The van der Waals surface area contributed by atoms with Crippen LogP contribution in [0, 0.1) is 0 Å².